The summed E-state index contributed by atoms with van der Waals surface area (Å²) in [5.41, 5.74) is 7.45. The van der Waals surface area contributed by atoms with Crippen molar-refractivity contribution < 1.29 is 9.53 Å². The largest absolute Gasteiger partial charge is 0.457 e. The minimum absolute atomic E-state index is 0.190. The molecule has 1 amide bonds. The monoisotopic (exact) mass is 402 g/mol. The van der Waals surface area contributed by atoms with Crippen molar-refractivity contribution in [2.24, 2.45) is 0 Å². The molecule has 0 fully saturated rings. The molecule has 0 radical (unpaired) electrons. The molecule has 7 heteroatoms. The number of benzene rings is 3. The molecule has 4 aromatic rings. The molecule has 6 nitrogen and oxygen atoms in total. The van der Waals surface area contributed by atoms with E-state index < -0.39 is 0 Å². The third kappa shape index (κ3) is 4.72. The fraction of sp³-hybridized carbons (Fsp3) is 0. The van der Waals surface area contributed by atoms with Crippen molar-refractivity contribution in [3.8, 4) is 11.5 Å². The first-order valence-electron chi connectivity index (χ1n) is 8.90. The summed E-state index contributed by atoms with van der Waals surface area (Å²) in [6.45, 7) is 0. The van der Waals surface area contributed by atoms with Gasteiger partial charge in [0.05, 0.1) is 0 Å². The maximum absolute atomic E-state index is 12.6. The lowest BCUT2D eigenvalue weighted by molar-refractivity contribution is 0.103. The van der Waals surface area contributed by atoms with Gasteiger partial charge >= 0.3 is 0 Å². The number of carbonyl (C=O) groups is 1. The third-order valence-corrected chi connectivity index (χ3v) is 4.96. The van der Waals surface area contributed by atoms with Gasteiger partial charge in [-0.05, 0) is 48.5 Å². The van der Waals surface area contributed by atoms with E-state index in [0.717, 1.165) is 11.4 Å². The predicted octanol–water partition coefficient (Wildman–Crippen LogP) is 5.51. The standard InChI is InChI=1S/C22H18N4O2S/c23-20-19(29-22(26-20)25-15-7-3-1-4-8-15)21(27)24-16-11-13-18(14-12-16)28-17-9-5-2-6-10-17/h1-14H,23H2,(H,24,27)(H,25,26). The van der Waals surface area contributed by atoms with E-state index in [1.165, 1.54) is 11.3 Å². The van der Waals surface area contributed by atoms with Crippen molar-refractivity contribution in [1.82, 2.24) is 4.98 Å². The minimum Gasteiger partial charge on any atom is -0.457 e. The molecule has 0 aliphatic rings. The summed E-state index contributed by atoms with van der Waals surface area (Å²) in [5, 5.41) is 6.54. The fourth-order valence-electron chi connectivity index (χ4n) is 2.61. The number of para-hydroxylation sites is 2. The molecule has 3 aromatic carbocycles. The Morgan fingerprint density at radius 1 is 0.828 bits per heavy atom. The molecule has 29 heavy (non-hydrogen) atoms. The maximum Gasteiger partial charge on any atom is 0.269 e. The maximum atomic E-state index is 12.6. The van der Waals surface area contributed by atoms with Crippen LogP contribution in [-0.4, -0.2) is 10.9 Å². The lowest BCUT2D eigenvalue weighted by atomic mass is 10.3. The number of aromatic nitrogens is 1. The number of nitrogens with one attached hydrogen (secondary N) is 2. The van der Waals surface area contributed by atoms with Crippen LogP contribution in [0.25, 0.3) is 0 Å². The van der Waals surface area contributed by atoms with E-state index in [2.05, 4.69) is 15.6 Å². The molecule has 0 spiro atoms. The van der Waals surface area contributed by atoms with Gasteiger partial charge in [-0.25, -0.2) is 4.98 Å². The van der Waals surface area contributed by atoms with Crippen LogP contribution in [-0.2, 0) is 0 Å². The van der Waals surface area contributed by atoms with E-state index in [4.69, 9.17) is 10.5 Å². The zero-order valence-corrected chi connectivity index (χ0v) is 16.1. The minimum atomic E-state index is -0.308. The number of hydrogen-bond acceptors (Lipinski definition) is 6. The van der Waals surface area contributed by atoms with E-state index in [1.54, 1.807) is 24.3 Å². The van der Waals surface area contributed by atoms with Crippen molar-refractivity contribution in [2.45, 2.75) is 0 Å². The average Bonchev–Trinajstić information content (AvgIpc) is 3.11. The number of nitrogens with zero attached hydrogens (tertiary/aromatic N) is 1. The highest BCUT2D eigenvalue weighted by Crippen LogP contribution is 2.29. The van der Waals surface area contributed by atoms with Crippen LogP contribution in [0.4, 0.5) is 22.3 Å². The molecule has 144 valence electrons. The van der Waals surface area contributed by atoms with Gasteiger partial charge in [0.2, 0.25) is 0 Å². The Kier molecular flexibility index (Phi) is 5.40. The first-order valence-corrected chi connectivity index (χ1v) is 9.72. The molecular weight excluding hydrogens is 384 g/mol. The second kappa shape index (κ2) is 8.45. The number of ether oxygens (including phenoxy) is 1. The summed E-state index contributed by atoms with van der Waals surface area (Å²) in [6.07, 6.45) is 0. The zero-order chi connectivity index (χ0) is 20.1. The molecule has 4 N–H and O–H groups in total. The molecular formula is C22H18N4O2S. The lowest BCUT2D eigenvalue weighted by Crippen LogP contribution is -2.12. The van der Waals surface area contributed by atoms with Crippen molar-refractivity contribution in [3.05, 3.63) is 89.8 Å². The first kappa shape index (κ1) is 18.5. The van der Waals surface area contributed by atoms with Crippen LogP contribution in [0.1, 0.15) is 9.67 Å². The van der Waals surface area contributed by atoms with Crippen LogP contribution in [0, 0.1) is 0 Å². The van der Waals surface area contributed by atoms with Crippen molar-refractivity contribution in [2.75, 3.05) is 16.4 Å². The summed E-state index contributed by atoms with van der Waals surface area (Å²) in [4.78, 5) is 17.2. The summed E-state index contributed by atoms with van der Waals surface area (Å²) < 4.78 is 5.75. The first-order chi connectivity index (χ1) is 14.2. The van der Waals surface area contributed by atoms with E-state index in [1.807, 2.05) is 60.7 Å². The molecule has 1 heterocycles. The van der Waals surface area contributed by atoms with Crippen molar-refractivity contribution >= 4 is 39.6 Å². The van der Waals surface area contributed by atoms with Gasteiger partial charge in [0.15, 0.2) is 5.13 Å². The van der Waals surface area contributed by atoms with Crippen LogP contribution < -0.4 is 21.1 Å². The Morgan fingerprint density at radius 2 is 1.45 bits per heavy atom. The number of carbonyl (C=O) groups excluding carboxylic acids is 1. The lowest BCUT2D eigenvalue weighted by Gasteiger charge is -2.07. The normalized spacial score (nSPS) is 10.3. The Balaban J connectivity index is 1.41. The van der Waals surface area contributed by atoms with E-state index in [-0.39, 0.29) is 11.7 Å². The summed E-state index contributed by atoms with van der Waals surface area (Å²) in [7, 11) is 0. The topological polar surface area (TPSA) is 89.3 Å². The second-order valence-electron chi connectivity index (χ2n) is 6.12. The van der Waals surface area contributed by atoms with Crippen LogP contribution >= 0.6 is 11.3 Å². The van der Waals surface area contributed by atoms with Gasteiger partial charge in [-0.2, -0.15) is 0 Å². The highest BCUT2D eigenvalue weighted by atomic mass is 32.1. The van der Waals surface area contributed by atoms with E-state index in [0.29, 0.717) is 21.4 Å². The Labute approximate surface area is 172 Å². The molecule has 0 saturated heterocycles. The molecule has 4 rings (SSSR count). The van der Waals surface area contributed by atoms with E-state index in [9.17, 15) is 4.79 Å². The Bertz CT molecular complexity index is 1100. The fourth-order valence-corrected chi connectivity index (χ4v) is 3.41. The molecule has 0 unspecified atom stereocenters. The molecule has 1 aromatic heterocycles. The molecule has 0 atom stereocenters. The smallest absolute Gasteiger partial charge is 0.269 e. The zero-order valence-electron chi connectivity index (χ0n) is 15.3. The molecule has 0 bridgehead atoms. The highest BCUT2D eigenvalue weighted by molar-refractivity contribution is 7.18. The van der Waals surface area contributed by atoms with Crippen molar-refractivity contribution in [1.29, 1.82) is 0 Å². The summed E-state index contributed by atoms with van der Waals surface area (Å²) >= 11 is 1.20. The number of amides is 1. The van der Waals surface area contributed by atoms with Crippen LogP contribution in [0.15, 0.2) is 84.9 Å². The second-order valence-corrected chi connectivity index (χ2v) is 7.12. The number of anilines is 4. The van der Waals surface area contributed by atoms with Crippen molar-refractivity contribution in [3.63, 3.8) is 0 Å². The summed E-state index contributed by atoms with van der Waals surface area (Å²) in [5.74, 6) is 1.31. The number of nitrogens with two attached hydrogens (primary N) is 1. The molecule has 0 saturated carbocycles. The van der Waals surface area contributed by atoms with Gasteiger partial charge in [0.1, 0.15) is 22.2 Å². The van der Waals surface area contributed by atoms with Gasteiger partial charge in [0, 0.05) is 11.4 Å². The van der Waals surface area contributed by atoms with Gasteiger partial charge < -0.3 is 21.1 Å². The van der Waals surface area contributed by atoms with Gasteiger partial charge in [0.25, 0.3) is 5.91 Å². The number of nitrogen functional groups attached to an aromatic ring is 1. The highest BCUT2D eigenvalue weighted by Gasteiger charge is 2.16. The van der Waals surface area contributed by atoms with E-state index >= 15 is 0 Å². The SMILES string of the molecule is Nc1nc(Nc2ccccc2)sc1C(=O)Nc1ccc(Oc2ccccc2)cc1. The number of hydrogen-bond donors (Lipinski definition) is 3. The van der Waals surface area contributed by atoms with Gasteiger partial charge in [-0.3, -0.25) is 4.79 Å². The Hall–Kier alpha value is -3.84. The number of thiazole rings is 1. The van der Waals surface area contributed by atoms with Gasteiger partial charge in [-0.1, -0.05) is 47.7 Å². The number of rotatable bonds is 6. The predicted molar refractivity (Wildman–Crippen MR) is 117 cm³/mol. The summed E-state index contributed by atoms with van der Waals surface area (Å²) in [6, 6.07) is 26.2. The average molecular weight is 402 g/mol. The third-order valence-electron chi connectivity index (χ3n) is 3.98. The van der Waals surface area contributed by atoms with Crippen LogP contribution in [0.5, 0.6) is 11.5 Å². The molecule has 0 aliphatic heterocycles. The van der Waals surface area contributed by atoms with Crippen LogP contribution in [0.3, 0.4) is 0 Å². The van der Waals surface area contributed by atoms with Gasteiger partial charge in [-0.15, -0.1) is 0 Å². The molecule has 0 aliphatic carbocycles. The van der Waals surface area contributed by atoms with Crippen LogP contribution in [0.2, 0.25) is 0 Å². The quantitative estimate of drug-likeness (QED) is 0.395. The Morgan fingerprint density at radius 3 is 2.14 bits per heavy atom.